The molecule has 10 heteroatoms. The first-order chi connectivity index (χ1) is 32.8. The van der Waals surface area contributed by atoms with E-state index in [0.717, 1.165) is 24.2 Å². The van der Waals surface area contributed by atoms with Gasteiger partial charge in [0.15, 0.2) is 23.0 Å². The molecule has 342 valence electrons. The van der Waals surface area contributed by atoms with Gasteiger partial charge in [0.1, 0.15) is 15.7 Å². The van der Waals surface area contributed by atoms with Gasteiger partial charge < -0.3 is 41.1 Å². The molecule has 0 amide bonds. The summed E-state index contributed by atoms with van der Waals surface area (Å²) < 4.78 is 0. The first-order valence-corrected chi connectivity index (χ1v) is 22.9. The van der Waals surface area contributed by atoms with Crippen molar-refractivity contribution in [1.82, 2.24) is 0 Å². The second-order valence-electron chi connectivity index (χ2n) is 19.8. The van der Waals surface area contributed by atoms with Crippen molar-refractivity contribution in [3.8, 4) is 51.4 Å². The number of rotatable bonds is 4. The first-order valence-electron chi connectivity index (χ1n) is 22.9. The Morgan fingerprint density at radius 1 is 0.406 bits per heavy atom. The van der Waals surface area contributed by atoms with E-state index in [9.17, 15) is 0 Å². The van der Waals surface area contributed by atoms with Gasteiger partial charge >= 0.3 is 0 Å². The third-order valence-corrected chi connectivity index (χ3v) is 14.5. The molecule has 1 atom stereocenters. The standard InChI is InChI=1S/C46H41N.C7H8O5.C6H4B2O2/c1-43(2)29-45(39-22-14-13-21-38(39)43)30-44(3,4)42-28-34(24-26-40(42)45)47-33-23-25-36-35-19-11-12-20-37(35)46(41(36)27-33,31-15-7-5-8-16-31)32-17-9-6-10-18-32;1-2-3(8)5(10)7(12)6(11)4(2)9;7-3-1-5(9)6(10)2-4(3)8/h5-28,47H,29-30H2,1-4H3;8-12H,1H3;1-2,9-10H. The van der Waals surface area contributed by atoms with Crippen LogP contribution in [0.3, 0.4) is 0 Å². The number of fused-ring (bicyclic) bond motifs is 7. The molecule has 1 spiro atoms. The van der Waals surface area contributed by atoms with E-state index in [1.165, 1.54) is 74.7 Å². The molecule has 0 saturated heterocycles. The Labute approximate surface area is 405 Å². The number of aromatic hydroxyl groups is 7. The molecule has 0 fully saturated rings. The zero-order chi connectivity index (χ0) is 49.2. The lowest BCUT2D eigenvalue weighted by Crippen LogP contribution is -2.28. The Morgan fingerprint density at radius 2 is 0.812 bits per heavy atom. The summed E-state index contributed by atoms with van der Waals surface area (Å²) >= 11 is 0. The van der Waals surface area contributed by atoms with Crippen molar-refractivity contribution in [3.63, 3.8) is 0 Å². The molecular formula is C59H53B2NO7. The molecule has 1 unspecified atom stereocenters. The highest BCUT2D eigenvalue weighted by atomic mass is 16.4. The van der Waals surface area contributed by atoms with Gasteiger partial charge in [0.2, 0.25) is 17.2 Å². The van der Waals surface area contributed by atoms with Gasteiger partial charge in [-0.15, -0.1) is 0 Å². The van der Waals surface area contributed by atoms with E-state index >= 15 is 0 Å². The number of anilines is 2. The molecule has 8 nitrogen and oxygen atoms in total. The highest BCUT2D eigenvalue weighted by Gasteiger charge is 2.56. The highest BCUT2D eigenvalue weighted by molar-refractivity contribution is 6.48. The fraction of sp³-hybridized carbons (Fsp3) is 0.186. The zero-order valence-electron chi connectivity index (χ0n) is 39.2. The molecule has 8 N–H and O–H groups in total. The minimum atomic E-state index is -0.935. The summed E-state index contributed by atoms with van der Waals surface area (Å²) in [6.07, 6.45) is 2.31. The molecule has 11 rings (SSSR count). The Balaban J connectivity index is 0.000000222. The summed E-state index contributed by atoms with van der Waals surface area (Å²) in [5, 5.41) is 66.3. The van der Waals surface area contributed by atoms with Gasteiger partial charge in [-0.1, -0.05) is 160 Å². The topological polar surface area (TPSA) is 154 Å². The molecule has 8 aromatic rings. The molecule has 0 aromatic heterocycles. The summed E-state index contributed by atoms with van der Waals surface area (Å²) in [5.74, 6) is -4.44. The molecule has 3 aliphatic rings. The maximum atomic E-state index is 9.01. The molecule has 3 aliphatic carbocycles. The number of phenolic OH excluding ortho intramolecular Hbond substituents is 7. The lowest BCUT2D eigenvalue weighted by molar-refractivity contribution is 0.325. The summed E-state index contributed by atoms with van der Waals surface area (Å²) in [6, 6.07) is 56.9. The average Bonchev–Trinajstić information content (AvgIpc) is 3.86. The van der Waals surface area contributed by atoms with Gasteiger partial charge in [0, 0.05) is 22.4 Å². The third kappa shape index (κ3) is 7.59. The maximum Gasteiger partial charge on any atom is 0.208 e. The van der Waals surface area contributed by atoms with Crippen LogP contribution in [0.2, 0.25) is 0 Å². The molecular weight excluding hydrogens is 856 g/mol. The third-order valence-electron chi connectivity index (χ3n) is 14.5. The summed E-state index contributed by atoms with van der Waals surface area (Å²) in [7, 11) is 10.6. The molecule has 4 radical (unpaired) electrons. The predicted octanol–water partition coefficient (Wildman–Crippen LogP) is 10.7. The SMILES string of the molecule is CC1(C)CC2(CC(C)(C)c3cc(Nc4ccc5c(c4)C(c4ccccc4)(c4ccccc4)c4ccccc4-5)ccc32)c2ccccc21.Cc1c(O)c(O)c(O)c(O)c1O.[B]c1cc(O)c(O)cc1[B]. The lowest BCUT2D eigenvalue weighted by atomic mass is 9.67. The molecule has 69 heavy (non-hydrogen) atoms. The van der Waals surface area contributed by atoms with Crippen LogP contribution < -0.4 is 16.2 Å². The van der Waals surface area contributed by atoms with Crippen molar-refractivity contribution in [2.24, 2.45) is 0 Å². The van der Waals surface area contributed by atoms with Crippen LogP contribution in [-0.4, -0.2) is 51.4 Å². The lowest BCUT2D eigenvalue weighted by Gasteiger charge is -2.34. The van der Waals surface area contributed by atoms with Crippen LogP contribution in [0.1, 0.15) is 90.6 Å². The van der Waals surface area contributed by atoms with Crippen molar-refractivity contribution in [2.75, 3.05) is 5.32 Å². The fourth-order valence-electron chi connectivity index (χ4n) is 11.5. The van der Waals surface area contributed by atoms with Crippen LogP contribution in [-0.2, 0) is 21.7 Å². The van der Waals surface area contributed by atoms with Gasteiger partial charge in [0.25, 0.3) is 0 Å². The molecule has 0 aliphatic heterocycles. The highest BCUT2D eigenvalue weighted by Crippen LogP contribution is 2.63. The number of phenols is 7. The Bertz CT molecular complexity index is 3090. The monoisotopic (exact) mass is 909 g/mol. The minimum absolute atomic E-state index is 0.0712. The normalized spacial score (nSPS) is 17.0. The van der Waals surface area contributed by atoms with Crippen molar-refractivity contribution in [1.29, 1.82) is 0 Å². The summed E-state index contributed by atoms with van der Waals surface area (Å²) in [5.41, 5.74) is 16.5. The smallest absolute Gasteiger partial charge is 0.208 e. The van der Waals surface area contributed by atoms with Gasteiger partial charge in [0.05, 0.1) is 5.41 Å². The molecule has 0 saturated carbocycles. The van der Waals surface area contributed by atoms with E-state index in [-0.39, 0.29) is 44.2 Å². The van der Waals surface area contributed by atoms with Crippen molar-refractivity contribution in [3.05, 3.63) is 208 Å². The van der Waals surface area contributed by atoms with Gasteiger partial charge in [-0.05, 0) is 123 Å². The van der Waals surface area contributed by atoms with Crippen LogP contribution in [0.25, 0.3) is 11.1 Å². The van der Waals surface area contributed by atoms with Gasteiger partial charge in [-0.25, -0.2) is 0 Å². The van der Waals surface area contributed by atoms with Crippen LogP contribution in [0.4, 0.5) is 11.4 Å². The average molecular weight is 910 g/mol. The second-order valence-corrected chi connectivity index (χ2v) is 19.8. The Hall–Kier alpha value is -7.71. The Kier molecular flexibility index (Phi) is 11.5. The Morgan fingerprint density at radius 3 is 1.36 bits per heavy atom. The molecule has 0 bridgehead atoms. The van der Waals surface area contributed by atoms with Crippen molar-refractivity contribution < 1.29 is 35.7 Å². The van der Waals surface area contributed by atoms with Crippen LogP contribution in [0, 0.1) is 6.92 Å². The zero-order valence-corrected chi connectivity index (χ0v) is 39.2. The van der Waals surface area contributed by atoms with E-state index in [2.05, 4.69) is 179 Å². The summed E-state index contributed by atoms with van der Waals surface area (Å²) in [4.78, 5) is 0. The molecule has 0 heterocycles. The molecule has 8 aromatic carbocycles. The second kappa shape index (κ2) is 17.1. The fourth-order valence-corrected chi connectivity index (χ4v) is 11.5. The van der Waals surface area contributed by atoms with Crippen LogP contribution in [0.5, 0.6) is 40.2 Å². The first kappa shape index (κ1) is 46.4. The van der Waals surface area contributed by atoms with E-state index in [0.29, 0.717) is 0 Å². The van der Waals surface area contributed by atoms with E-state index in [1.54, 1.807) is 0 Å². The van der Waals surface area contributed by atoms with Crippen molar-refractivity contribution in [2.45, 2.75) is 69.1 Å². The maximum absolute atomic E-state index is 9.01. The summed E-state index contributed by atoms with van der Waals surface area (Å²) in [6.45, 7) is 11.0. The van der Waals surface area contributed by atoms with Crippen molar-refractivity contribution >= 4 is 38.0 Å². The van der Waals surface area contributed by atoms with Crippen LogP contribution >= 0.6 is 0 Å². The number of nitrogens with one attached hydrogen (secondary N) is 1. The van der Waals surface area contributed by atoms with E-state index in [4.69, 9.17) is 51.4 Å². The van der Waals surface area contributed by atoms with Gasteiger partial charge in [-0.3, -0.25) is 0 Å². The van der Waals surface area contributed by atoms with E-state index < -0.39 is 34.2 Å². The predicted molar refractivity (Wildman–Crippen MR) is 276 cm³/mol. The van der Waals surface area contributed by atoms with E-state index in [1.807, 2.05) is 0 Å². The largest absolute Gasteiger partial charge is 0.504 e. The number of benzene rings is 8. The minimum Gasteiger partial charge on any atom is -0.504 e. The van der Waals surface area contributed by atoms with Gasteiger partial charge in [-0.2, -0.15) is 0 Å². The number of hydrogen-bond acceptors (Lipinski definition) is 8. The number of hydrogen-bond donors (Lipinski definition) is 8. The van der Waals surface area contributed by atoms with Crippen LogP contribution in [0.15, 0.2) is 158 Å². The quantitative estimate of drug-likeness (QED) is 0.0493.